The highest BCUT2D eigenvalue weighted by Crippen LogP contribution is 2.40. The van der Waals surface area contributed by atoms with Crippen molar-refractivity contribution in [3.05, 3.63) is 98.4 Å². The summed E-state index contributed by atoms with van der Waals surface area (Å²) in [5.74, 6) is -4.89. The molecule has 5 heterocycles. The lowest BCUT2D eigenvalue weighted by atomic mass is 10.0. The third-order valence-electron chi connectivity index (χ3n) is 8.13. The van der Waals surface area contributed by atoms with Gasteiger partial charge in [0.25, 0.3) is 29.9 Å². The number of nitrogens with zero attached hydrogens (tertiary/aromatic N) is 4. The average molecular weight is 810 g/mol. The molecule has 0 saturated carbocycles. The van der Waals surface area contributed by atoms with Crippen LogP contribution in [0.15, 0.2) is 92.4 Å². The molecule has 3 aliphatic heterocycles. The summed E-state index contributed by atoms with van der Waals surface area (Å²) in [6.45, 7) is 3.12. The van der Waals surface area contributed by atoms with Crippen molar-refractivity contribution >= 4 is 70.4 Å². The van der Waals surface area contributed by atoms with Gasteiger partial charge in [-0.15, -0.1) is 11.8 Å². The number of nitrogen functional groups attached to an aromatic ring is 1. The smallest absolute Gasteiger partial charge is 0.352 e. The number of carbonyl (C=O) groups is 5. The number of H-pyrrole nitrogens is 1. The predicted octanol–water partition coefficient (Wildman–Crippen LogP) is -0.295. The van der Waals surface area contributed by atoms with E-state index in [1.54, 1.807) is 35.1 Å². The number of amides is 3. The number of hydrogen-bond donors (Lipinski definition) is 9. The molecule has 2 aromatic rings. The summed E-state index contributed by atoms with van der Waals surface area (Å²) in [6, 6.07) is -0.141. The number of nitrogens with one attached hydrogen (secondary N) is 4. The Bertz CT molecular complexity index is 2210. The maximum Gasteiger partial charge on any atom is 0.352 e. The molecule has 0 spiro atoms. The molecule has 2 atom stereocenters. The number of β-lactam (4-membered cyclic amide) rings is 1. The van der Waals surface area contributed by atoms with Gasteiger partial charge in [0.1, 0.15) is 41.2 Å². The van der Waals surface area contributed by atoms with E-state index in [-0.39, 0.29) is 53.9 Å². The zero-order chi connectivity index (χ0) is 40.7. The Labute approximate surface area is 326 Å². The van der Waals surface area contributed by atoms with Crippen LogP contribution in [-0.4, -0.2) is 101 Å². The monoisotopic (exact) mass is 809 g/mol. The molecular weight excluding hydrogens is 773 g/mol. The number of aromatic nitrogens is 3. The highest BCUT2D eigenvalue weighted by Gasteiger charge is 2.54. The zero-order valence-corrected chi connectivity index (χ0v) is 31.3. The van der Waals surface area contributed by atoms with E-state index >= 15 is 0 Å². The fourth-order valence-electron chi connectivity index (χ4n) is 5.08. The molecule has 22 heteroatoms. The third-order valence-corrected chi connectivity index (χ3v) is 10.2. The fourth-order valence-corrected chi connectivity index (χ4v) is 7.01. The van der Waals surface area contributed by atoms with Crippen molar-refractivity contribution in [3.8, 4) is 5.75 Å². The minimum atomic E-state index is -1.79. The number of fused-ring (bicyclic) bond motifs is 1. The lowest BCUT2D eigenvalue weighted by Gasteiger charge is -2.49. The second-order valence-corrected chi connectivity index (χ2v) is 14.6. The lowest BCUT2D eigenvalue weighted by Crippen LogP contribution is -2.71. The molecule has 1 fully saturated rings. The maximum absolute atomic E-state index is 13.5. The molecule has 3 amide bonds. The van der Waals surface area contributed by atoms with Gasteiger partial charge in [-0.25, -0.2) is 14.2 Å². The number of pyridine rings is 1. The number of carboxylic acids is 2. The number of nitrogens with two attached hydrogens (primary N) is 2. The molecule has 11 N–H and O–H groups in total. The van der Waals surface area contributed by atoms with Crippen molar-refractivity contribution in [2.45, 2.75) is 37.4 Å². The topological polar surface area (TPSA) is 309 Å². The van der Waals surface area contributed by atoms with Crippen molar-refractivity contribution in [1.82, 2.24) is 25.5 Å². The van der Waals surface area contributed by atoms with Crippen LogP contribution in [0.1, 0.15) is 24.3 Å². The van der Waals surface area contributed by atoms with Crippen LogP contribution >= 0.6 is 23.5 Å². The Morgan fingerprint density at radius 1 is 1.21 bits per heavy atom. The molecule has 3 aliphatic rings. The van der Waals surface area contributed by atoms with E-state index in [9.17, 15) is 44.1 Å². The number of carbonyl (C=O) groups excluding carboxylic acids is 3. The van der Waals surface area contributed by atoms with Crippen LogP contribution in [0, 0.1) is 0 Å². The minimum absolute atomic E-state index is 0.0216. The summed E-state index contributed by atoms with van der Waals surface area (Å²) < 4.78 is 1.66. The first-order valence-corrected chi connectivity index (χ1v) is 18.5. The normalized spacial score (nSPS) is 18.3. The van der Waals surface area contributed by atoms with Crippen molar-refractivity contribution in [3.63, 3.8) is 0 Å². The van der Waals surface area contributed by atoms with Crippen LogP contribution in [0.4, 0.5) is 11.5 Å². The molecule has 294 valence electrons. The van der Waals surface area contributed by atoms with Crippen LogP contribution in [0.25, 0.3) is 0 Å². The van der Waals surface area contributed by atoms with Gasteiger partial charge in [0.15, 0.2) is 11.5 Å². The van der Waals surface area contributed by atoms with E-state index < -0.39 is 57.9 Å². The van der Waals surface area contributed by atoms with Gasteiger partial charge in [0.05, 0.1) is 5.03 Å². The largest absolute Gasteiger partial charge is 0.503 e. The summed E-state index contributed by atoms with van der Waals surface area (Å²) >= 11 is 2.33. The van der Waals surface area contributed by atoms with Crippen molar-refractivity contribution in [1.29, 1.82) is 0 Å². The van der Waals surface area contributed by atoms with E-state index in [1.807, 2.05) is 0 Å². The number of oxime groups is 1. The quantitative estimate of drug-likeness (QED) is 0.0367. The molecular formula is C34H37N10O10S2+. The third kappa shape index (κ3) is 9.38. The Morgan fingerprint density at radius 2 is 1.98 bits per heavy atom. The molecule has 0 aliphatic carbocycles. The summed E-state index contributed by atoms with van der Waals surface area (Å²) in [5, 5.41) is 42.2. The highest BCUT2D eigenvalue weighted by molar-refractivity contribution is 8.05. The van der Waals surface area contributed by atoms with E-state index in [1.165, 1.54) is 43.4 Å². The van der Waals surface area contributed by atoms with E-state index in [0.717, 1.165) is 28.9 Å². The van der Waals surface area contributed by atoms with E-state index in [4.69, 9.17) is 16.3 Å². The first-order valence-electron chi connectivity index (χ1n) is 16.5. The van der Waals surface area contributed by atoms with Gasteiger partial charge in [-0.2, -0.15) is 0 Å². The number of anilines is 2. The number of allylic oxidation sites excluding steroid dienone is 5. The van der Waals surface area contributed by atoms with Gasteiger partial charge in [0.2, 0.25) is 11.0 Å². The molecule has 2 aromatic heterocycles. The van der Waals surface area contributed by atoms with Crippen LogP contribution in [0.2, 0.25) is 0 Å². The standard InChI is InChI=1S/C34H36N10O10S2/c1-34(2,33(52)53)54-42-24(17-5-3-7-23(35)55-14-17)29(48)41-25-30(49)44-26(32(50)51)18(15-56-31(25)44)6-4-10-43-13-20(27(36)40-16-43)37-8-9-38-28(47)19-11-21(45)22(46)12-39-19/h3-7,11-14,16,25,31,36-37H,8-10,15,35H2,1-2H3,(H6,38,39,41,42,45,46,47,48,50,51,52,53)/p+1/b6-4+/t25-,31?/m1/s1. The maximum atomic E-state index is 13.5. The van der Waals surface area contributed by atoms with Crippen LogP contribution < -0.4 is 37.4 Å². The summed E-state index contributed by atoms with van der Waals surface area (Å²) in [7, 11) is 0. The van der Waals surface area contributed by atoms with Gasteiger partial charge in [-0.1, -0.05) is 35.1 Å². The number of thioether (sulfide) groups is 2. The number of aromatic hydroxyl groups is 1. The van der Waals surface area contributed by atoms with E-state index in [0.29, 0.717) is 16.3 Å². The van der Waals surface area contributed by atoms with Crippen molar-refractivity contribution in [2.75, 3.05) is 29.9 Å². The van der Waals surface area contributed by atoms with Gasteiger partial charge >= 0.3 is 11.9 Å². The summed E-state index contributed by atoms with van der Waals surface area (Å²) in [5.41, 5.74) is 9.84. The second-order valence-electron chi connectivity index (χ2n) is 12.6. The Balaban J connectivity index is 1.22. The Kier molecular flexibility index (Phi) is 12.5. The first kappa shape index (κ1) is 40.6. The number of carboxylic acid groups (broad SMARTS) is 2. The molecule has 0 radical (unpaired) electrons. The summed E-state index contributed by atoms with van der Waals surface area (Å²) in [4.78, 5) is 87.8. The molecule has 56 heavy (non-hydrogen) atoms. The SMILES string of the molecule is CC(C)(O/N=C(\C(=O)N[C@@H]1C(=O)N2C(C(=O)O)=C(/C=C/C[n+]3cnc(N)c(NCCNC(=O)c4cc(=O)c(O)c[nH]4)c3)CSC12)C1=CSC(N)=CC=C1)C(=O)O. The van der Waals surface area contributed by atoms with Crippen molar-refractivity contribution in [2.24, 2.45) is 10.9 Å². The average Bonchev–Trinajstić information content (AvgIpc) is 3.37. The van der Waals surface area contributed by atoms with Gasteiger partial charge in [0, 0.05) is 36.7 Å². The minimum Gasteiger partial charge on any atom is -0.503 e. The van der Waals surface area contributed by atoms with Crippen molar-refractivity contribution < 1.29 is 48.7 Å². The fraction of sp³-hybridized carbons (Fsp3) is 0.265. The number of hydrogen-bond acceptors (Lipinski definition) is 15. The molecule has 20 nitrogen and oxygen atoms in total. The molecule has 5 rings (SSSR count). The first-order chi connectivity index (χ1) is 26.6. The van der Waals surface area contributed by atoms with Gasteiger partial charge < -0.3 is 52.6 Å². The Hall–Kier alpha value is -6.55. The zero-order valence-electron chi connectivity index (χ0n) is 29.7. The second kappa shape index (κ2) is 17.3. The molecule has 0 aromatic carbocycles. The van der Waals surface area contributed by atoms with Gasteiger partial charge in [-0.3, -0.25) is 24.1 Å². The molecule has 1 saturated heterocycles. The van der Waals surface area contributed by atoms with Crippen LogP contribution in [0.5, 0.6) is 5.75 Å². The summed E-state index contributed by atoms with van der Waals surface area (Å²) in [6.07, 6.45) is 12.1. The molecule has 1 unspecified atom stereocenters. The van der Waals surface area contributed by atoms with Crippen LogP contribution in [-0.2, 0) is 30.6 Å². The molecule has 0 bridgehead atoms. The number of aromatic amines is 1. The van der Waals surface area contributed by atoms with E-state index in [2.05, 4.69) is 31.1 Å². The van der Waals surface area contributed by atoms with Crippen LogP contribution in [0.3, 0.4) is 0 Å². The predicted molar refractivity (Wildman–Crippen MR) is 205 cm³/mol. The highest BCUT2D eigenvalue weighted by atomic mass is 32.2. The number of rotatable bonds is 15. The Morgan fingerprint density at radius 3 is 2.70 bits per heavy atom. The number of aliphatic carboxylic acids is 2. The lowest BCUT2D eigenvalue weighted by molar-refractivity contribution is -0.689. The van der Waals surface area contributed by atoms with Gasteiger partial charge in [-0.05, 0) is 42.0 Å².